The SMILES string of the molecule is Nc1cncc(F)c1Br. The van der Waals surface area contributed by atoms with Crippen molar-refractivity contribution in [1.29, 1.82) is 0 Å². The quantitative estimate of drug-likeness (QED) is 0.675. The molecule has 0 aliphatic heterocycles. The molecule has 0 atom stereocenters. The molecule has 9 heavy (non-hydrogen) atoms. The van der Waals surface area contributed by atoms with Gasteiger partial charge in [0.15, 0.2) is 5.82 Å². The maximum atomic E-state index is 12.4. The van der Waals surface area contributed by atoms with E-state index in [1.807, 2.05) is 0 Å². The van der Waals surface area contributed by atoms with Gasteiger partial charge in [-0.25, -0.2) is 4.39 Å². The highest BCUT2D eigenvalue weighted by atomic mass is 79.9. The standard InChI is InChI=1S/C5H4BrFN2/c6-5-3(7)1-9-2-4(5)8/h1-2H,8H2. The average Bonchev–Trinajstić information content (AvgIpc) is 1.83. The van der Waals surface area contributed by atoms with E-state index in [-0.39, 0.29) is 4.47 Å². The summed E-state index contributed by atoms with van der Waals surface area (Å²) in [5.41, 5.74) is 5.59. The van der Waals surface area contributed by atoms with Gasteiger partial charge in [-0.15, -0.1) is 0 Å². The lowest BCUT2D eigenvalue weighted by atomic mass is 10.4. The van der Waals surface area contributed by atoms with E-state index in [1.165, 1.54) is 6.20 Å². The molecule has 48 valence electrons. The van der Waals surface area contributed by atoms with Crippen molar-refractivity contribution in [3.8, 4) is 0 Å². The molecule has 0 radical (unpaired) electrons. The van der Waals surface area contributed by atoms with Crippen LogP contribution in [-0.2, 0) is 0 Å². The zero-order valence-corrected chi connectivity index (χ0v) is 6.02. The number of nitrogens with zero attached hydrogens (tertiary/aromatic N) is 1. The molecule has 1 aromatic rings. The fourth-order valence-electron chi connectivity index (χ4n) is 0.434. The Morgan fingerprint density at radius 2 is 2.22 bits per heavy atom. The van der Waals surface area contributed by atoms with E-state index in [0.29, 0.717) is 5.69 Å². The van der Waals surface area contributed by atoms with Crippen molar-refractivity contribution in [2.75, 3.05) is 5.73 Å². The Morgan fingerprint density at radius 1 is 1.56 bits per heavy atom. The van der Waals surface area contributed by atoms with Gasteiger partial charge in [-0.1, -0.05) is 0 Å². The molecular formula is C5H4BrFN2. The summed E-state index contributed by atoms with van der Waals surface area (Å²) >= 11 is 2.94. The molecule has 0 bridgehead atoms. The van der Waals surface area contributed by atoms with Crippen LogP contribution in [0, 0.1) is 5.82 Å². The van der Waals surface area contributed by atoms with Crippen LogP contribution in [0.15, 0.2) is 16.9 Å². The van der Waals surface area contributed by atoms with Crippen LogP contribution in [0.3, 0.4) is 0 Å². The van der Waals surface area contributed by atoms with Crippen molar-refractivity contribution in [1.82, 2.24) is 4.98 Å². The number of rotatable bonds is 0. The Hall–Kier alpha value is -0.640. The summed E-state index contributed by atoms with van der Waals surface area (Å²) < 4.78 is 12.7. The van der Waals surface area contributed by atoms with Gasteiger partial charge >= 0.3 is 0 Å². The number of nitrogen functional groups attached to an aromatic ring is 1. The minimum absolute atomic E-state index is 0.275. The van der Waals surface area contributed by atoms with Crippen LogP contribution in [0.25, 0.3) is 0 Å². The second kappa shape index (κ2) is 2.31. The van der Waals surface area contributed by atoms with Crippen LogP contribution in [0.5, 0.6) is 0 Å². The van der Waals surface area contributed by atoms with Gasteiger partial charge in [0, 0.05) is 0 Å². The molecular weight excluding hydrogens is 187 g/mol. The molecule has 0 aromatic carbocycles. The summed E-state index contributed by atoms with van der Waals surface area (Å²) in [5.74, 6) is -0.435. The van der Waals surface area contributed by atoms with Crippen LogP contribution in [0.2, 0.25) is 0 Å². The molecule has 0 spiro atoms. The number of anilines is 1. The third-order valence-electron chi connectivity index (χ3n) is 0.865. The first-order chi connectivity index (χ1) is 4.22. The molecule has 1 rings (SSSR count). The molecule has 4 heteroatoms. The van der Waals surface area contributed by atoms with E-state index < -0.39 is 5.82 Å². The van der Waals surface area contributed by atoms with Crippen molar-refractivity contribution in [3.05, 3.63) is 22.7 Å². The fraction of sp³-hybridized carbons (Fsp3) is 0. The predicted molar refractivity (Wildman–Crippen MR) is 36.3 cm³/mol. The lowest BCUT2D eigenvalue weighted by molar-refractivity contribution is 0.615. The van der Waals surface area contributed by atoms with Crippen LogP contribution in [0.4, 0.5) is 10.1 Å². The lowest BCUT2D eigenvalue weighted by Crippen LogP contribution is -1.90. The van der Waals surface area contributed by atoms with E-state index >= 15 is 0 Å². The van der Waals surface area contributed by atoms with E-state index in [1.54, 1.807) is 0 Å². The van der Waals surface area contributed by atoms with Gasteiger partial charge < -0.3 is 5.73 Å². The summed E-state index contributed by atoms with van der Waals surface area (Å²) in [6.07, 6.45) is 2.48. The molecule has 1 heterocycles. The second-order valence-corrected chi connectivity index (χ2v) is 2.32. The van der Waals surface area contributed by atoms with Crippen LogP contribution >= 0.6 is 15.9 Å². The number of nitrogens with two attached hydrogens (primary N) is 1. The maximum absolute atomic E-state index is 12.4. The monoisotopic (exact) mass is 190 g/mol. The molecule has 0 saturated heterocycles. The highest BCUT2D eigenvalue weighted by molar-refractivity contribution is 9.10. The summed E-state index contributed by atoms with van der Waals surface area (Å²) in [5, 5.41) is 0. The number of hydrogen-bond donors (Lipinski definition) is 1. The Morgan fingerprint density at radius 3 is 2.67 bits per heavy atom. The molecule has 0 amide bonds. The second-order valence-electron chi connectivity index (χ2n) is 1.52. The Kier molecular flexibility index (Phi) is 1.66. The summed E-state index contributed by atoms with van der Waals surface area (Å²) in [7, 11) is 0. The van der Waals surface area contributed by atoms with Crippen LogP contribution < -0.4 is 5.73 Å². The number of aromatic nitrogens is 1. The minimum Gasteiger partial charge on any atom is -0.396 e. The summed E-state index contributed by atoms with van der Waals surface area (Å²) in [4.78, 5) is 3.51. The Labute approximate surface area is 60.0 Å². The summed E-state index contributed by atoms with van der Waals surface area (Å²) in [6, 6.07) is 0. The fourth-order valence-corrected chi connectivity index (χ4v) is 0.639. The Balaban J connectivity index is 3.25. The third-order valence-corrected chi connectivity index (χ3v) is 1.70. The first kappa shape index (κ1) is 6.48. The maximum Gasteiger partial charge on any atom is 0.157 e. The topological polar surface area (TPSA) is 38.9 Å². The predicted octanol–water partition coefficient (Wildman–Crippen LogP) is 1.57. The van der Waals surface area contributed by atoms with Crippen molar-refractivity contribution in [3.63, 3.8) is 0 Å². The molecule has 0 unspecified atom stereocenters. The van der Waals surface area contributed by atoms with Gasteiger partial charge in [0.05, 0.1) is 22.6 Å². The average molecular weight is 191 g/mol. The molecule has 0 aliphatic rings. The van der Waals surface area contributed by atoms with Crippen LogP contribution in [-0.4, -0.2) is 4.98 Å². The smallest absolute Gasteiger partial charge is 0.157 e. The zero-order valence-electron chi connectivity index (χ0n) is 4.44. The molecule has 2 N–H and O–H groups in total. The molecule has 0 fully saturated rings. The first-order valence-electron chi connectivity index (χ1n) is 2.26. The van der Waals surface area contributed by atoms with Gasteiger partial charge in [0.25, 0.3) is 0 Å². The van der Waals surface area contributed by atoms with Gasteiger partial charge in [0.2, 0.25) is 0 Å². The van der Waals surface area contributed by atoms with E-state index in [2.05, 4.69) is 20.9 Å². The minimum atomic E-state index is -0.435. The highest BCUT2D eigenvalue weighted by Crippen LogP contribution is 2.19. The molecule has 2 nitrogen and oxygen atoms in total. The lowest BCUT2D eigenvalue weighted by Gasteiger charge is -1.94. The van der Waals surface area contributed by atoms with Crippen molar-refractivity contribution >= 4 is 21.6 Å². The largest absolute Gasteiger partial charge is 0.396 e. The molecule has 1 aromatic heterocycles. The van der Waals surface area contributed by atoms with E-state index in [9.17, 15) is 4.39 Å². The molecule has 0 saturated carbocycles. The normalized spacial score (nSPS) is 9.56. The van der Waals surface area contributed by atoms with Gasteiger partial charge in [-0.3, -0.25) is 4.98 Å². The molecule has 0 aliphatic carbocycles. The first-order valence-corrected chi connectivity index (χ1v) is 3.05. The number of hydrogen-bond acceptors (Lipinski definition) is 2. The highest BCUT2D eigenvalue weighted by Gasteiger charge is 1.99. The summed E-state index contributed by atoms with van der Waals surface area (Å²) in [6.45, 7) is 0. The Bertz CT molecular complexity index is 206. The van der Waals surface area contributed by atoms with Crippen molar-refractivity contribution < 1.29 is 4.39 Å². The zero-order chi connectivity index (χ0) is 6.85. The third kappa shape index (κ3) is 1.18. The van der Waals surface area contributed by atoms with Crippen LogP contribution in [0.1, 0.15) is 0 Å². The van der Waals surface area contributed by atoms with Gasteiger partial charge in [0.1, 0.15) is 0 Å². The van der Waals surface area contributed by atoms with Gasteiger partial charge in [-0.05, 0) is 15.9 Å². The van der Waals surface area contributed by atoms with E-state index in [0.717, 1.165) is 6.20 Å². The van der Waals surface area contributed by atoms with E-state index in [4.69, 9.17) is 5.73 Å². The van der Waals surface area contributed by atoms with Crippen molar-refractivity contribution in [2.45, 2.75) is 0 Å². The number of pyridine rings is 1. The number of halogens is 2. The van der Waals surface area contributed by atoms with Crippen molar-refractivity contribution in [2.24, 2.45) is 0 Å². The van der Waals surface area contributed by atoms with Gasteiger partial charge in [-0.2, -0.15) is 0 Å².